The number of sulfonamides is 1. The molecule has 0 bridgehead atoms. The highest BCUT2D eigenvalue weighted by Crippen LogP contribution is 2.24. The third kappa shape index (κ3) is 4.57. The molecule has 0 radical (unpaired) electrons. The third-order valence-electron chi connectivity index (χ3n) is 4.49. The minimum absolute atomic E-state index is 0.0565. The molecule has 0 aliphatic carbocycles. The van der Waals surface area contributed by atoms with E-state index in [0.717, 1.165) is 33.8 Å². The monoisotopic (exact) mass is 385 g/mol. The Morgan fingerprint density at radius 1 is 0.963 bits per heavy atom. The van der Waals surface area contributed by atoms with Crippen LogP contribution in [-0.2, 0) is 14.8 Å². The van der Waals surface area contributed by atoms with Crippen LogP contribution in [0.5, 0.6) is 0 Å². The zero-order valence-electron chi connectivity index (χ0n) is 15.3. The number of cyclic esters (lactones) is 1. The van der Waals surface area contributed by atoms with Crippen molar-refractivity contribution >= 4 is 21.7 Å². The second-order valence-corrected chi connectivity index (χ2v) is 8.39. The molecule has 1 amide bonds. The summed E-state index contributed by atoms with van der Waals surface area (Å²) in [5.41, 5.74) is 2.64. The maximum atomic E-state index is 13.1. The Morgan fingerprint density at radius 2 is 1.67 bits per heavy atom. The topological polar surface area (TPSA) is 63.7 Å². The lowest BCUT2D eigenvalue weighted by atomic mass is 10.0. The smallest absolute Gasteiger partial charge is 0.424 e. The molecule has 0 saturated carbocycles. The number of benzene rings is 2. The molecule has 142 valence electrons. The molecule has 27 heavy (non-hydrogen) atoms. The van der Waals surface area contributed by atoms with Gasteiger partial charge in [-0.15, -0.1) is 0 Å². The van der Waals surface area contributed by atoms with E-state index in [-0.39, 0.29) is 18.0 Å². The molecule has 0 N–H and O–H groups in total. The molecule has 1 aliphatic heterocycles. The van der Waals surface area contributed by atoms with Gasteiger partial charge in [0.25, 0.3) is 10.0 Å². The number of nitrogens with zero attached hydrogens (tertiary/aromatic N) is 1. The number of carbonyl (C=O) groups is 1. The summed E-state index contributed by atoms with van der Waals surface area (Å²) >= 11 is 0. The molecule has 5 nitrogen and oxygen atoms in total. The summed E-state index contributed by atoms with van der Waals surface area (Å²) in [6, 6.07) is 16.0. The molecule has 0 fully saturated rings. The minimum Gasteiger partial charge on any atom is -0.449 e. The zero-order chi connectivity index (χ0) is 19.3. The Balaban J connectivity index is 2.01. The summed E-state index contributed by atoms with van der Waals surface area (Å²) in [6.07, 6.45) is 3.57. The molecule has 3 rings (SSSR count). The number of hydrogen-bond donors (Lipinski definition) is 0. The van der Waals surface area contributed by atoms with Crippen molar-refractivity contribution in [3.8, 4) is 0 Å². The SMILES string of the molecule is Cc1ccc(S(=O)(=O)N2C/C(c3ccccc3)=C\CCCCOC2=O)cc1. The van der Waals surface area contributed by atoms with Gasteiger partial charge in [-0.1, -0.05) is 54.1 Å². The van der Waals surface area contributed by atoms with Gasteiger partial charge < -0.3 is 4.74 Å². The molecule has 0 saturated heterocycles. The van der Waals surface area contributed by atoms with E-state index in [2.05, 4.69) is 0 Å². The standard InChI is InChI=1S/C21H23NO4S/c1-17-11-13-20(14-12-17)27(24,25)22-16-19(18-8-4-2-5-9-18)10-6-3-7-15-26-21(22)23/h2,4-5,8-14H,3,6-7,15-16H2,1H3/b19-10+. The van der Waals surface area contributed by atoms with Crippen molar-refractivity contribution in [2.45, 2.75) is 31.1 Å². The minimum atomic E-state index is -4.02. The summed E-state index contributed by atoms with van der Waals surface area (Å²) in [7, 11) is -4.02. The van der Waals surface area contributed by atoms with Gasteiger partial charge in [0.15, 0.2) is 0 Å². The van der Waals surface area contributed by atoms with Crippen molar-refractivity contribution < 1.29 is 17.9 Å². The Morgan fingerprint density at radius 3 is 2.37 bits per heavy atom. The first-order chi connectivity index (χ1) is 13.0. The number of rotatable bonds is 3. The summed E-state index contributed by atoms with van der Waals surface area (Å²) < 4.78 is 32.4. The Hall–Kier alpha value is -2.60. The lowest BCUT2D eigenvalue weighted by Gasteiger charge is -2.24. The highest BCUT2D eigenvalue weighted by atomic mass is 32.2. The molecule has 0 unspecified atom stereocenters. The van der Waals surface area contributed by atoms with Crippen LogP contribution in [0.3, 0.4) is 0 Å². The molecule has 2 aromatic rings. The largest absolute Gasteiger partial charge is 0.449 e. The van der Waals surface area contributed by atoms with E-state index in [0.29, 0.717) is 6.42 Å². The van der Waals surface area contributed by atoms with Crippen LogP contribution in [0.15, 0.2) is 65.6 Å². The summed E-state index contributed by atoms with van der Waals surface area (Å²) in [6.45, 7) is 2.04. The lowest BCUT2D eigenvalue weighted by Crippen LogP contribution is -2.39. The van der Waals surface area contributed by atoms with Crippen molar-refractivity contribution in [1.29, 1.82) is 0 Å². The Kier molecular flexibility index (Phi) is 5.96. The van der Waals surface area contributed by atoms with Crippen LogP contribution < -0.4 is 0 Å². The van der Waals surface area contributed by atoms with Crippen LogP contribution in [-0.4, -0.2) is 32.0 Å². The molecule has 0 spiro atoms. The molecule has 1 aliphatic rings. The molecule has 1 heterocycles. The van der Waals surface area contributed by atoms with Crippen molar-refractivity contribution in [3.63, 3.8) is 0 Å². The molecular formula is C21H23NO4S. The van der Waals surface area contributed by atoms with Crippen LogP contribution in [0, 0.1) is 6.92 Å². The number of aryl methyl sites for hydroxylation is 1. The van der Waals surface area contributed by atoms with Gasteiger partial charge in [0.2, 0.25) is 0 Å². The number of allylic oxidation sites excluding steroid dienone is 1. The number of hydrogen-bond acceptors (Lipinski definition) is 4. The van der Waals surface area contributed by atoms with Gasteiger partial charge in [0.1, 0.15) is 0 Å². The van der Waals surface area contributed by atoms with Gasteiger partial charge in [-0.2, -0.15) is 4.31 Å². The molecule has 6 heteroatoms. The highest BCUT2D eigenvalue weighted by molar-refractivity contribution is 7.89. The predicted molar refractivity (Wildman–Crippen MR) is 105 cm³/mol. The van der Waals surface area contributed by atoms with Crippen LogP contribution in [0.2, 0.25) is 0 Å². The van der Waals surface area contributed by atoms with Crippen LogP contribution >= 0.6 is 0 Å². The van der Waals surface area contributed by atoms with Gasteiger partial charge in [0, 0.05) is 0 Å². The third-order valence-corrected chi connectivity index (χ3v) is 6.21. The van der Waals surface area contributed by atoms with Gasteiger partial charge in [-0.3, -0.25) is 0 Å². The number of amides is 1. The average Bonchev–Trinajstić information content (AvgIpc) is 2.67. The summed E-state index contributed by atoms with van der Waals surface area (Å²) in [5.74, 6) is 0. The van der Waals surface area contributed by atoms with E-state index in [1.807, 2.05) is 43.3 Å². The fraction of sp³-hybridized carbons (Fsp3) is 0.286. The number of ether oxygens (including phenoxy) is 1. The first kappa shape index (κ1) is 19.2. The first-order valence-corrected chi connectivity index (χ1v) is 10.4. The van der Waals surface area contributed by atoms with E-state index in [9.17, 15) is 13.2 Å². The first-order valence-electron chi connectivity index (χ1n) is 8.99. The quantitative estimate of drug-likeness (QED) is 0.786. The van der Waals surface area contributed by atoms with E-state index in [1.165, 1.54) is 12.1 Å². The van der Waals surface area contributed by atoms with E-state index in [4.69, 9.17) is 4.74 Å². The lowest BCUT2D eigenvalue weighted by molar-refractivity contribution is 0.126. The molecule has 0 aromatic heterocycles. The van der Waals surface area contributed by atoms with E-state index >= 15 is 0 Å². The second-order valence-electron chi connectivity index (χ2n) is 6.53. The molecule has 2 aromatic carbocycles. The maximum Gasteiger partial charge on any atom is 0.424 e. The fourth-order valence-electron chi connectivity index (χ4n) is 2.92. The second kappa shape index (κ2) is 8.39. The Bertz CT molecular complexity index is 918. The van der Waals surface area contributed by atoms with Crippen molar-refractivity contribution in [2.75, 3.05) is 13.2 Å². The van der Waals surface area contributed by atoms with Gasteiger partial charge in [0.05, 0.1) is 18.0 Å². The predicted octanol–water partition coefficient (Wildman–Crippen LogP) is 4.39. The highest BCUT2D eigenvalue weighted by Gasteiger charge is 2.31. The summed E-state index contributed by atoms with van der Waals surface area (Å²) in [4.78, 5) is 12.7. The van der Waals surface area contributed by atoms with Gasteiger partial charge in [-0.05, 0) is 49.5 Å². The van der Waals surface area contributed by atoms with Gasteiger partial charge >= 0.3 is 6.09 Å². The average molecular weight is 385 g/mol. The van der Waals surface area contributed by atoms with Crippen LogP contribution in [0.1, 0.15) is 30.4 Å². The normalized spacial score (nSPS) is 18.3. The molecule has 0 atom stereocenters. The van der Waals surface area contributed by atoms with Crippen molar-refractivity contribution in [1.82, 2.24) is 4.31 Å². The zero-order valence-corrected chi connectivity index (χ0v) is 16.1. The van der Waals surface area contributed by atoms with Crippen molar-refractivity contribution in [2.24, 2.45) is 0 Å². The maximum absolute atomic E-state index is 13.1. The van der Waals surface area contributed by atoms with E-state index < -0.39 is 16.1 Å². The summed E-state index contributed by atoms with van der Waals surface area (Å²) in [5, 5.41) is 0. The Labute approximate surface area is 160 Å². The van der Waals surface area contributed by atoms with Crippen molar-refractivity contribution in [3.05, 3.63) is 71.8 Å². The van der Waals surface area contributed by atoms with E-state index in [1.54, 1.807) is 12.1 Å². The van der Waals surface area contributed by atoms with Gasteiger partial charge in [-0.25, -0.2) is 13.2 Å². The molecular weight excluding hydrogens is 362 g/mol. The van der Waals surface area contributed by atoms with Crippen LogP contribution in [0.4, 0.5) is 4.79 Å². The van der Waals surface area contributed by atoms with Crippen LogP contribution in [0.25, 0.3) is 5.57 Å². The fourth-order valence-corrected chi connectivity index (χ4v) is 4.21. The number of carbonyl (C=O) groups excluding carboxylic acids is 1.